The second kappa shape index (κ2) is 7.74. The van der Waals surface area contributed by atoms with Crippen LogP contribution in [0, 0.1) is 0 Å². The van der Waals surface area contributed by atoms with Gasteiger partial charge in [-0.05, 0) is 39.3 Å². The van der Waals surface area contributed by atoms with Gasteiger partial charge < -0.3 is 10.2 Å². The lowest BCUT2D eigenvalue weighted by Crippen LogP contribution is -2.39. The zero-order chi connectivity index (χ0) is 14.4. The summed E-state index contributed by atoms with van der Waals surface area (Å²) >= 11 is 1.76. The van der Waals surface area contributed by atoms with E-state index in [1.807, 2.05) is 11.9 Å². The first kappa shape index (κ1) is 15.4. The van der Waals surface area contributed by atoms with Crippen molar-refractivity contribution in [2.45, 2.75) is 44.9 Å². The van der Waals surface area contributed by atoms with Crippen molar-refractivity contribution in [2.75, 3.05) is 26.7 Å². The number of nitrogens with zero attached hydrogens (tertiary/aromatic N) is 2. The molecule has 1 atom stereocenters. The van der Waals surface area contributed by atoms with Gasteiger partial charge in [-0.15, -0.1) is 11.3 Å². The maximum atomic E-state index is 12.2. The monoisotopic (exact) mass is 295 g/mol. The van der Waals surface area contributed by atoms with E-state index in [2.05, 4.69) is 17.6 Å². The fourth-order valence-corrected chi connectivity index (χ4v) is 3.68. The van der Waals surface area contributed by atoms with Crippen LogP contribution in [0.5, 0.6) is 0 Å². The van der Waals surface area contributed by atoms with Gasteiger partial charge in [-0.3, -0.25) is 4.79 Å². The van der Waals surface area contributed by atoms with Gasteiger partial charge in [0.25, 0.3) is 0 Å². The van der Waals surface area contributed by atoms with Crippen molar-refractivity contribution in [1.29, 1.82) is 0 Å². The number of carbonyl (C=O) groups excluding carboxylic acids is 1. The highest BCUT2D eigenvalue weighted by atomic mass is 32.1. The van der Waals surface area contributed by atoms with E-state index >= 15 is 0 Å². The summed E-state index contributed by atoms with van der Waals surface area (Å²) in [4.78, 5) is 18.9. The molecule has 1 aliphatic rings. The van der Waals surface area contributed by atoms with E-state index in [0.29, 0.717) is 18.2 Å². The molecule has 1 unspecified atom stereocenters. The number of thiazole rings is 1. The van der Waals surface area contributed by atoms with Gasteiger partial charge in [-0.2, -0.15) is 0 Å². The smallest absolute Gasteiger partial charge is 0.222 e. The highest BCUT2D eigenvalue weighted by molar-refractivity contribution is 7.09. The van der Waals surface area contributed by atoms with Gasteiger partial charge in [-0.1, -0.05) is 6.92 Å². The third kappa shape index (κ3) is 4.03. The minimum absolute atomic E-state index is 0.303. The Kier molecular flexibility index (Phi) is 5.98. The van der Waals surface area contributed by atoms with Crippen molar-refractivity contribution in [1.82, 2.24) is 15.2 Å². The molecule has 2 heterocycles. The standard InChI is InChI=1S/C15H25N3OS/c1-3-13-11-20-15(17-13)12-6-5-9-18(10-12)14(19)7-4-8-16-2/h11-12,16H,3-10H2,1-2H3. The molecular formula is C15H25N3OS. The molecule has 0 bridgehead atoms. The van der Waals surface area contributed by atoms with Gasteiger partial charge >= 0.3 is 0 Å². The number of nitrogens with one attached hydrogen (secondary N) is 1. The summed E-state index contributed by atoms with van der Waals surface area (Å²) in [6.07, 6.45) is 4.84. The molecular weight excluding hydrogens is 270 g/mol. The fourth-order valence-electron chi connectivity index (χ4n) is 2.65. The summed E-state index contributed by atoms with van der Waals surface area (Å²) in [5.74, 6) is 0.750. The van der Waals surface area contributed by atoms with Crippen LogP contribution in [0.4, 0.5) is 0 Å². The second-order valence-electron chi connectivity index (χ2n) is 5.42. The number of amides is 1. The summed E-state index contributed by atoms with van der Waals surface area (Å²) in [7, 11) is 1.93. The quantitative estimate of drug-likeness (QED) is 0.820. The summed E-state index contributed by atoms with van der Waals surface area (Å²) < 4.78 is 0. The lowest BCUT2D eigenvalue weighted by molar-refractivity contribution is -0.132. The Morgan fingerprint density at radius 1 is 1.60 bits per heavy atom. The largest absolute Gasteiger partial charge is 0.342 e. The van der Waals surface area contributed by atoms with Crippen molar-refractivity contribution >= 4 is 17.2 Å². The molecule has 1 aromatic rings. The van der Waals surface area contributed by atoms with E-state index in [-0.39, 0.29) is 0 Å². The molecule has 0 radical (unpaired) electrons. The lowest BCUT2D eigenvalue weighted by Gasteiger charge is -2.32. The van der Waals surface area contributed by atoms with Crippen LogP contribution in [0.1, 0.15) is 49.2 Å². The topological polar surface area (TPSA) is 45.2 Å². The Hall–Kier alpha value is -0.940. The Balaban J connectivity index is 1.89. The van der Waals surface area contributed by atoms with Gasteiger partial charge in [0.15, 0.2) is 0 Å². The highest BCUT2D eigenvalue weighted by Gasteiger charge is 2.26. The Morgan fingerprint density at radius 3 is 3.15 bits per heavy atom. The van der Waals surface area contributed by atoms with Gasteiger partial charge in [0, 0.05) is 30.8 Å². The molecule has 0 aliphatic carbocycles. The third-order valence-electron chi connectivity index (χ3n) is 3.87. The first-order valence-corrected chi connectivity index (χ1v) is 8.49. The minimum atomic E-state index is 0.303. The summed E-state index contributed by atoms with van der Waals surface area (Å²) in [5, 5.41) is 6.46. The number of carbonyl (C=O) groups is 1. The van der Waals surface area contributed by atoms with Gasteiger partial charge in [0.05, 0.1) is 10.7 Å². The first-order chi connectivity index (χ1) is 9.74. The third-order valence-corrected chi connectivity index (χ3v) is 4.93. The average Bonchev–Trinajstić information content (AvgIpc) is 2.96. The fraction of sp³-hybridized carbons (Fsp3) is 0.733. The van der Waals surface area contributed by atoms with E-state index in [0.717, 1.165) is 45.3 Å². The molecule has 5 heteroatoms. The number of piperidine rings is 1. The molecule has 2 rings (SSSR count). The van der Waals surface area contributed by atoms with E-state index in [9.17, 15) is 4.79 Å². The number of aromatic nitrogens is 1. The van der Waals surface area contributed by atoms with Crippen LogP contribution >= 0.6 is 11.3 Å². The van der Waals surface area contributed by atoms with E-state index in [4.69, 9.17) is 4.98 Å². The summed E-state index contributed by atoms with van der Waals surface area (Å²) in [5.41, 5.74) is 1.18. The maximum Gasteiger partial charge on any atom is 0.222 e. The predicted molar refractivity (Wildman–Crippen MR) is 83.2 cm³/mol. The number of hydrogen-bond donors (Lipinski definition) is 1. The first-order valence-electron chi connectivity index (χ1n) is 7.61. The predicted octanol–water partition coefficient (Wildman–Crippen LogP) is 2.41. The molecule has 0 spiro atoms. The number of aryl methyl sites for hydroxylation is 1. The molecule has 1 aromatic heterocycles. The van der Waals surface area contributed by atoms with E-state index in [1.165, 1.54) is 10.7 Å². The zero-order valence-electron chi connectivity index (χ0n) is 12.5. The van der Waals surface area contributed by atoms with Crippen LogP contribution in [0.2, 0.25) is 0 Å². The van der Waals surface area contributed by atoms with Crippen molar-refractivity contribution in [2.24, 2.45) is 0 Å². The summed E-state index contributed by atoms with van der Waals surface area (Å²) in [6.45, 7) is 4.82. The van der Waals surface area contributed by atoms with Crippen LogP contribution in [-0.2, 0) is 11.2 Å². The zero-order valence-corrected chi connectivity index (χ0v) is 13.3. The number of rotatable bonds is 6. The molecule has 20 heavy (non-hydrogen) atoms. The Labute approximate surface area is 125 Å². The Morgan fingerprint density at radius 2 is 2.45 bits per heavy atom. The molecule has 112 valence electrons. The van der Waals surface area contributed by atoms with Gasteiger partial charge in [-0.25, -0.2) is 4.98 Å². The SMILES string of the molecule is CCc1csc(C2CCCN(C(=O)CCCNC)C2)n1. The van der Waals surface area contributed by atoms with Crippen LogP contribution < -0.4 is 5.32 Å². The van der Waals surface area contributed by atoms with Crippen LogP contribution in [0.25, 0.3) is 0 Å². The molecule has 0 aromatic carbocycles. The lowest BCUT2D eigenvalue weighted by atomic mass is 9.98. The molecule has 1 saturated heterocycles. The Bertz CT molecular complexity index is 433. The normalized spacial score (nSPS) is 19.3. The number of hydrogen-bond acceptors (Lipinski definition) is 4. The molecule has 1 amide bonds. The second-order valence-corrected chi connectivity index (χ2v) is 6.31. The van der Waals surface area contributed by atoms with Crippen LogP contribution in [0.3, 0.4) is 0 Å². The van der Waals surface area contributed by atoms with E-state index < -0.39 is 0 Å². The number of likely N-dealkylation sites (tertiary alicyclic amines) is 1. The molecule has 1 N–H and O–H groups in total. The molecule has 1 fully saturated rings. The molecule has 1 aliphatic heterocycles. The van der Waals surface area contributed by atoms with Crippen molar-refractivity contribution in [3.05, 3.63) is 16.1 Å². The van der Waals surface area contributed by atoms with Gasteiger partial charge in [0.2, 0.25) is 5.91 Å². The van der Waals surface area contributed by atoms with E-state index in [1.54, 1.807) is 11.3 Å². The van der Waals surface area contributed by atoms with Crippen molar-refractivity contribution < 1.29 is 4.79 Å². The average molecular weight is 295 g/mol. The molecule has 0 saturated carbocycles. The summed E-state index contributed by atoms with van der Waals surface area (Å²) in [6, 6.07) is 0. The van der Waals surface area contributed by atoms with Gasteiger partial charge in [0.1, 0.15) is 0 Å². The maximum absolute atomic E-state index is 12.2. The van der Waals surface area contributed by atoms with Crippen LogP contribution in [0.15, 0.2) is 5.38 Å². The van der Waals surface area contributed by atoms with Crippen LogP contribution in [-0.4, -0.2) is 42.5 Å². The molecule has 4 nitrogen and oxygen atoms in total. The van der Waals surface area contributed by atoms with Crippen molar-refractivity contribution in [3.63, 3.8) is 0 Å². The highest BCUT2D eigenvalue weighted by Crippen LogP contribution is 2.29. The van der Waals surface area contributed by atoms with Crippen molar-refractivity contribution in [3.8, 4) is 0 Å². The minimum Gasteiger partial charge on any atom is -0.342 e.